The average molecular weight is 336 g/mol. The third-order valence-corrected chi connectivity index (χ3v) is 4.00. The summed E-state index contributed by atoms with van der Waals surface area (Å²) in [5, 5.41) is 11.1. The molecule has 0 saturated carbocycles. The van der Waals surface area contributed by atoms with Gasteiger partial charge in [0.05, 0.1) is 4.92 Å². The summed E-state index contributed by atoms with van der Waals surface area (Å²) in [7, 11) is 0. The second-order valence-electron chi connectivity index (χ2n) is 5.95. The molecule has 0 N–H and O–H groups in total. The molecule has 2 aromatic carbocycles. The fraction of sp³-hybridized carbons (Fsp3) is 0.158. The van der Waals surface area contributed by atoms with Crippen LogP contribution in [0.15, 0.2) is 47.1 Å². The van der Waals surface area contributed by atoms with Crippen LogP contribution in [0.5, 0.6) is 0 Å². The van der Waals surface area contributed by atoms with E-state index in [9.17, 15) is 14.9 Å². The van der Waals surface area contributed by atoms with Gasteiger partial charge in [-0.05, 0) is 44.0 Å². The summed E-state index contributed by atoms with van der Waals surface area (Å²) >= 11 is 0. The lowest BCUT2D eigenvalue weighted by Gasteiger charge is -2.01. The number of nitro groups is 1. The first-order chi connectivity index (χ1) is 11.8. The van der Waals surface area contributed by atoms with Gasteiger partial charge in [-0.1, -0.05) is 29.8 Å². The normalized spacial score (nSPS) is 15.2. The maximum Gasteiger partial charge on any atom is 0.363 e. The minimum Gasteiger partial charge on any atom is -0.402 e. The lowest BCUT2D eigenvalue weighted by molar-refractivity contribution is -0.385. The van der Waals surface area contributed by atoms with E-state index in [4.69, 9.17) is 4.74 Å². The molecule has 0 saturated heterocycles. The van der Waals surface area contributed by atoms with Gasteiger partial charge in [-0.25, -0.2) is 9.79 Å². The van der Waals surface area contributed by atoms with Gasteiger partial charge >= 0.3 is 5.97 Å². The van der Waals surface area contributed by atoms with Crippen LogP contribution >= 0.6 is 0 Å². The van der Waals surface area contributed by atoms with Gasteiger partial charge < -0.3 is 4.74 Å². The summed E-state index contributed by atoms with van der Waals surface area (Å²) in [6.07, 6.45) is 1.67. The maximum atomic E-state index is 12.1. The first-order valence-electron chi connectivity index (χ1n) is 7.70. The van der Waals surface area contributed by atoms with E-state index >= 15 is 0 Å². The van der Waals surface area contributed by atoms with Crippen LogP contribution in [0.2, 0.25) is 0 Å². The molecule has 3 rings (SSSR count). The van der Waals surface area contributed by atoms with Gasteiger partial charge in [0.25, 0.3) is 5.69 Å². The van der Waals surface area contributed by atoms with E-state index in [0.717, 1.165) is 16.7 Å². The summed E-state index contributed by atoms with van der Waals surface area (Å²) in [4.78, 5) is 26.9. The molecule has 0 spiro atoms. The molecule has 0 bridgehead atoms. The van der Waals surface area contributed by atoms with Crippen molar-refractivity contribution >= 4 is 23.6 Å². The Morgan fingerprint density at radius 1 is 1.08 bits per heavy atom. The fourth-order valence-corrected chi connectivity index (χ4v) is 2.53. The number of aliphatic imine (C=N–C) groups is 1. The zero-order valence-electron chi connectivity index (χ0n) is 14.1. The first kappa shape index (κ1) is 16.6. The number of esters is 1. The quantitative estimate of drug-likeness (QED) is 0.369. The van der Waals surface area contributed by atoms with Gasteiger partial charge in [-0.2, -0.15) is 0 Å². The molecule has 0 fully saturated rings. The van der Waals surface area contributed by atoms with Crippen LogP contribution in [0.25, 0.3) is 6.08 Å². The van der Waals surface area contributed by atoms with Crippen LogP contribution in [0.1, 0.15) is 27.8 Å². The summed E-state index contributed by atoms with van der Waals surface area (Å²) in [6.45, 7) is 5.56. The number of rotatable bonds is 3. The van der Waals surface area contributed by atoms with Crippen molar-refractivity contribution in [1.29, 1.82) is 0 Å². The number of benzene rings is 2. The highest BCUT2D eigenvalue weighted by molar-refractivity contribution is 6.13. The summed E-state index contributed by atoms with van der Waals surface area (Å²) in [5.41, 5.74) is 4.03. The second kappa shape index (κ2) is 6.32. The van der Waals surface area contributed by atoms with E-state index < -0.39 is 10.9 Å². The molecule has 6 nitrogen and oxygen atoms in total. The van der Waals surface area contributed by atoms with E-state index in [1.807, 2.05) is 32.0 Å². The Bertz CT molecular complexity index is 958. The summed E-state index contributed by atoms with van der Waals surface area (Å²) in [5.74, 6) is -0.496. The largest absolute Gasteiger partial charge is 0.402 e. The Hall–Kier alpha value is -3.28. The van der Waals surface area contributed by atoms with Crippen LogP contribution in [-0.2, 0) is 9.53 Å². The molecule has 0 aromatic heterocycles. The molecule has 6 heteroatoms. The van der Waals surface area contributed by atoms with Crippen LogP contribution in [0.3, 0.4) is 0 Å². The van der Waals surface area contributed by atoms with Crippen molar-refractivity contribution in [3.63, 3.8) is 0 Å². The van der Waals surface area contributed by atoms with Gasteiger partial charge in [0.2, 0.25) is 5.90 Å². The number of nitrogens with zero attached hydrogens (tertiary/aromatic N) is 2. The summed E-state index contributed by atoms with van der Waals surface area (Å²) < 4.78 is 5.20. The predicted molar refractivity (Wildman–Crippen MR) is 94.4 cm³/mol. The van der Waals surface area contributed by atoms with Gasteiger partial charge in [0, 0.05) is 17.2 Å². The van der Waals surface area contributed by atoms with Crippen molar-refractivity contribution in [3.8, 4) is 0 Å². The minimum atomic E-state index is -0.570. The molecule has 126 valence electrons. The van der Waals surface area contributed by atoms with Crippen molar-refractivity contribution in [1.82, 2.24) is 0 Å². The third kappa shape index (κ3) is 3.33. The zero-order chi connectivity index (χ0) is 18.1. The highest BCUT2D eigenvalue weighted by Crippen LogP contribution is 2.24. The molecule has 0 aliphatic carbocycles. The number of hydrogen-bond acceptors (Lipinski definition) is 5. The Morgan fingerprint density at radius 3 is 2.52 bits per heavy atom. The van der Waals surface area contributed by atoms with Crippen molar-refractivity contribution in [2.45, 2.75) is 20.8 Å². The number of carbonyl (C=O) groups is 1. The fourth-order valence-electron chi connectivity index (χ4n) is 2.53. The molecule has 0 unspecified atom stereocenters. The predicted octanol–water partition coefficient (Wildman–Crippen LogP) is 3.86. The lowest BCUT2D eigenvalue weighted by atomic mass is 10.0. The monoisotopic (exact) mass is 336 g/mol. The molecule has 25 heavy (non-hydrogen) atoms. The third-order valence-electron chi connectivity index (χ3n) is 4.00. The zero-order valence-corrected chi connectivity index (χ0v) is 14.1. The lowest BCUT2D eigenvalue weighted by Crippen LogP contribution is -2.06. The average Bonchev–Trinajstić information content (AvgIpc) is 2.92. The molecule has 0 atom stereocenters. The van der Waals surface area contributed by atoms with Crippen molar-refractivity contribution < 1.29 is 14.5 Å². The molecule has 1 aliphatic rings. The number of hydrogen-bond donors (Lipinski definition) is 0. The number of ether oxygens (including phenoxy) is 1. The molecular weight excluding hydrogens is 320 g/mol. The van der Waals surface area contributed by atoms with Crippen LogP contribution in [0.4, 0.5) is 5.69 Å². The minimum absolute atomic E-state index is 0.0387. The van der Waals surface area contributed by atoms with Crippen molar-refractivity contribution in [3.05, 3.63) is 80.0 Å². The van der Waals surface area contributed by atoms with Crippen molar-refractivity contribution in [2.75, 3.05) is 0 Å². The molecular formula is C19H16N2O4. The van der Waals surface area contributed by atoms with Crippen LogP contribution in [0, 0.1) is 30.9 Å². The van der Waals surface area contributed by atoms with E-state index in [0.29, 0.717) is 11.1 Å². The maximum absolute atomic E-state index is 12.1. The number of carbonyl (C=O) groups excluding carboxylic acids is 1. The van der Waals surface area contributed by atoms with E-state index in [-0.39, 0.29) is 17.3 Å². The highest BCUT2D eigenvalue weighted by Gasteiger charge is 2.26. The Morgan fingerprint density at radius 2 is 1.80 bits per heavy atom. The van der Waals surface area contributed by atoms with E-state index in [1.54, 1.807) is 25.1 Å². The first-order valence-corrected chi connectivity index (χ1v) is 7.70. The standard InChI is InChI=1S/C19H16N2O4/c1-11-4-5-12(2)15(8-11)9-16-19(22)25-18(20-16)14-7-6-13(3)17(10-14)21(23)24/h4-10H,1-3H3/b16-9-. The summed E-state index contributed by atoms with van der Waals surface area (Å²) in [6, 6.07) is 10.5. The smallest absolute Gasteiger partial charge is 0.363 e. The highest BCUT2D eigenvalue weighted by atomic mass is 16.6. The van der Waals surface area contributed by atoms with E-state index in [1.165, 1.54) is 6.07 Å². The Balaban J connectivity index is 2.01. The number of cyclic esters (lactones) is 1. The second-order valence-corrected chi connectivity index (χ2v) is 5.95. The molecule has 0 radical (unpaired) electrons. The van der Waals surface area contributed by atoms with Crippen LogP contribution < -0.4 is 0 Å². The molecule has 2 aromatic rings. The Labute approximate surface area is 144 Å². The van der Waals surface area contributed by atoms with Gasteiger partial charge in [-0.15, -0.1) is 0 Å². The van der Waals surface area contributed by atoms with E-state index in [2.05, 4.69) is 4.99 Å². The van der Waals surface area contributed by atoms with Gasteiger partial charge in [-0.3, -0.25) is 10.1 Å². The SMILES string of the molecule is Cc1ccc(C)c(/C=C2\N=C(c3ccc(C)c([N+](=O)[O-])c3)OC2=O)c1. The van der Waals surface area contributed by atoms with Gasteiger partial charge in [0.1, 0.15) is 0 Å². The molecule has 1 heterocycles. The van der Waals surface area contributed by atoms with Gasteiger partial charge in [0.15, 0.2) is 5.70 Å². The molecule has 1 aliphatic heterocycles. The Kier molecular flexibility index (Phi) is 4.19. The number of aryl methyl sites for hydroxylation is 3. The molecule has 0 amide bonds. The van der Waals surface area contributed by atoms with Crippen molar-refractivity contribution in [2.24, 2.45) is 4.99 Å². The topological polar surface area (TPSA) is 81.8 Å². The number of nitro benzene ring substituents is 1. The van der Waals surface area contributed by atoms with Crippen LogP contribution in [-0.4, -0.2) is 16.8 Å².